The van der Waals surface area contributed by atoms with Crippen LogP contribution in [0.25, 0.3) is 6.08 Å². The second-order valence-electron chi connectivity index (χ2n) is 5.49. The van der Waals surface area contributed by atoms with Crippen LogP contribution >= 0.6 is 0 Å². The van der Waals surface area contributed by atoms with Crippen LogP contribution in [-0.2, 0) is 9.53 Å². The van der Waals surface area contributed by atoms with Crippen molar-refractivity contribution in [2.24, 2.45) is 5.92 Å². The first-order valence-electron chi connectivity index (χ1n) is 7.56. The average Bonchev–Trinajstić information content (AvgIpc) is 3.02. The molecule has 122 valence electrons. The average molecular weight is 309 g/mol. The summed E-state index contributed by atoms with van der Waals surface area (Å²) in [7, 11) is 0. The van der Waals surface area contributed by atoms with Gasteiger partial charge in [0, 0.05) is 25.1 Å². The zero-order valence-corrected chi connectivity index (χ0v) is 12.7. The summed E-state index contributed by atoms with van der Waals surface area (Å²) in [5, 5.41) is 19.7. The van der Waals surface area contributed by atoms with Crippen molar-refractivity contribution < 1.29 is 24.2 Å². The highest BCUT2D eigenvalue weighted by molar-refractivity contribution is 5.91. The number of hydrogen-bond acceptors (Lipinski definition) is 5. The first-order valence-corrected chi connectivity index (χ1v) is 7.56. The number of aliphatic hydroxyl groups is 2. The molecule has 0 aromatic carbocycles. The zero-order valence-electron chi connectivity index (χ0n) is 12.7. The Balaban J connectivity index is 1.97. The van der Waals surface area contributed by atoms with Gasteiger partial charge in [-0.15, -0.1) is 0 Å². The molecule has 0 unspecified atom stereocenters. The van der Waals surface area contributed by atoms with Crippen molar-refractivity contribution in [3.05, 3.63) is 30.2 Å². The predicted octanol–water partition coefficient (Wildman–Crippen LogP) is 0.900. The fourth-order valence-corrected chi connectivity index (χ4v) is 2.50. The number of carbonyl (C=O) groups excluding carboxylic acids is 1. The number of nitrogens with zero attached hydrogens (tertiary/aromatic N) is 1. The summed E-state index contributed by atoms with van der Waals surface area (Å²) in [4.78, 5) is 14.0. The van der Waals surface area contributed by atoms with Crippen molar-refractivity contribution >= 4 is 12.0 Å². The number of carbonyl (C=O) groups is 1. The number of ether oxygens (including phenoxy) is 1. The minimum atomic E-state index is -0.893. The van der Waals surface area contributed by atoms with Crippen LogP contribution in [0.4, 0.5) is 0 Å². The summed E-state index contributed by atoms with van der Waals surface area (Å²) in [6.45, 7) is 3.40. The van der Waals surface area contributed by atoms with Gasteiger partial charge < -0.3 is 24.3 Å². The van der Waals surface area contributed by atoms with Crippen LogP contribution in [0.3, 0.4) is 0 Å². The number of furan rings is 1. The molecule has 2 N–H and O–H groups in total. The van der Waals surface area contributed by atoms with Crippen molar-refractivity contribution in [2.75, 3.05) is 26.3 Å². The first kappa shape index (κ1) is 16.7. The van der Waals surface area contributed by atoms with Gasteiger partial charge in [-0.1, -0.05) is 6.92 Å². The van der Waals surface area contributed by atoms with E-state index in [-0.39, 0.29) is 18.4 Å². The van der Waals surface area contributed by atoms with E-state index in [1.54, 1.807) is 29.4 Å². The SMILES string of the molecule is CCCN(C[C@@H]1COC[C@@H](O)[C@H]1O)C(=O)C=Cc1ccco1. The lowest BCUT2D eigenvalue weighted by atomic mass is 9.96. The van der Waals surface area contributed by atoms with Crippen molar-refractivity contribution in [1.82, 2.24) is 4.90 Å². The van der Waals surface area contributed by atoms with E-state index < -0.39 is 12.2 Å². The van der Waals surface area contributed by atoms with Crippen molar-refractivity contribution in [3.8, 4) is 0 Å². The molecule has 0 aliphatic carbocycles. The van der Waals surface area contributed by atoms with E-state index in [1.807, 2.05) is 6.92 Å². The van der Waals surface area contributed by atoms with Gasteiger partial charge in [0.05, 0.1) is 25.6 Å². The number of hydrogen-bond donors (Lipinski definition) is 2. The lowest BCUT2D eigenvalue weighted by molar-refractivity contribution is -0.138. The summed E-state index contributed by atoms with van der Waals surface area (Å²) in [6.07, 6.45) is 3.68. The quantitative estimate of drug-likeness (QED) is 0.763. The topological polar surface area (TPSA) is 83.1 Å². The third-order valence-electron chi connectivity index (χ3n) is 3.69. The van der Waals surface area contributed by atoms with E-state index in [1.165, 1.54) is 6.08 Å². The van der Waals surface area contributed by atoms with Gasteiger partial charge >= 0.3 is 0 Å². The molecular weight excluding hydrogens is 286 g/mol. The van der Waals surface area contributed by atoms with E-state index in [4.69, 9.17) is 9.15 Å². The van der Waals surface area contributed by atoms with Gasteiger partial charge in [-0.2, -0.15) is 0 Å². The van der Waals surface area contributed by atoms with Crippen LogP contribution in [-0.4, -0.2) is 59.5 Å². The standard InChI is InChI=1S/C16H23NO5/c1-2-7-17(9-12-10-21-11-14(18)16(12)20)15(19)6-5-13-4-3-8-22-13/h3-6,8,12,14,16,18,20H,2,7,9-11H2,1H3/t12-,14-,16+/m1/s1. The summed E-state index contributed by atoms with van der Waals surface area (Å²) in [5.41, 5.74) is 0. The summed E-state index contributed by atoms with van der Waals surface area (Å²) in [6, 6.07) is 3.52. The van der Waals surface area contributed by atoms with Gasteiger partial charge in [0.2, 0.25) is 5.91 Å². The Labute approximate surface area is 130 Å². The second-order valence-corrected chi connectivity index (χ2v) is 5.49. The van der Waals surface area contributed by atoms with Crippen LogP contribution in [0.2, 0.25) is 0 Å². The molecular formula is C16H23NO5. The molecule has 6 heteroatoms. The Morgan fingerprint density at radius 2 is 2.27 bits per heavy atom. The minimum absolute atomic E-state index is 0.137. The monoisotopic (exact) mass is 309 g/mol. The first-order chi connectivity index (χ1) is 10.6. The third-order valence-corrected chi connectivity index (χ3v) is 3.69. The van der Waals surface area contributed by atoms with E-state index >= 15 is 0 Å². The van der Waals surface area contributed by atoms with Gasteiger partial charge in [-0.3, -0.25) is 4.79 Å². The Hall–Kier alpha value is -1.63. The van der Waals surface area contributed by atoms with Crippen LogP contribution in [0.1, 0.15) is 19.1 Å². The molecule has 22 heavy (non-hydrogen) atoms. The predicted molar refractivity (Wildman–Crippen MR) is 80.9 cm³/mol. The van der Waals surface area contributed by atoms with E-state index in [0.717, 1.165) is 6.42 Å². The molecule has 1 saturated heterocycles. The molecule has 1 aromatic rings. The smallest absolute Gasteiger partial charge is 0.246 e. The van der Waals surface area contributed by atoms with E-state index in [9.17, 15) is 15.0 Å². The third kappa shape index (κ3) is 4.43. The largest absolute Gasteiger partial charge is 0.465 e. The fraction of sp³-hybridized carbons (Fsp3) is 0.562. The van der Waals surface area contributed by atoms with Crippen molar-refractivity contribution in [1.29, 1.82) is 0 Å². The molecule has 1 aliphatic heterocycles. The second kappa shape index (κ2) is 8.12. The van der Waals surface area contributed by atoms with Gasteiger partial charge in [0.15, 0.2) is 0 Å². The van der Waals surface area contributed by atoms with E-state index in [0.29, 0.717) is 25.5 Å². The molecule has 2 rings (SSSR count). The number of amides is 1. The van der Waals surface area contributed by atoms with E-state index in [2.05, 4.69) is 0 Å². The van der Waals surface area contributed by atoms with Crippen LogP contribution in [0, 0.1) is 5.92 Å². The Morgan fingerprint density at radius 1 is 1.45 bits per heavy atom. The van der Waals surface area contributed by atoms with Gasteiger partial charge in [0.25, 0.3) is 0 Å². The van der Waals surface area contributed by atoms with Crippen LogP contribution < -0.4 is 0 Å². The maximum Gasteiger partial charge on any atom is 0.246 e. The fourth-order valence-electron chi connectivity index (χ4n) is 2.50. The van der Waals surface area contributed by atoms with Crippen LogP contribution in [0.15, 0.2) is 28.9 Å². The molecule has 2 heterocycles. The molecule has 0 bridgehead atoms. The maximum absolute atomic E-state index is 12.3. The highest BCUT2D eigenvalue weighted by atomic mass is 16.5. The van der Waals surface area contributed by atoms with Gasteiger partial charge in [0.1, 0.15) is 11.9 Å². The van der Waals surface area contributed by atoms with Crippen LogP contribution in [0.5, 0.6) is 0 Å². The summed E-state index contributed by atoms with van der Waals surface area (Å²) in [5.74, 6) is 0.183. The zero-order chi connectivity index (χ0) is 15.9. The molecule has 0 radical (unpaired) electrons. The molecule has 6 nitrogen and oxygen atoms in total. The molecule has 1 aromatic heterocycles. The molecule has 1 aliphatic rings. The Bertz CT molecular complexity index is 485. The molecule has 3 atom stereocenters. The molecule has 0 spiro atoms. The number of aliphatic hydroxyl groups excluding tert-OH is 2. The van der Waals surface area contributed by atoms with Gasteiger partial charge in [-0.05, 0) is 24.6 Å². The summed E-state index contributed by atoms with van der Waals surface area (Å²) >= 11 is 0. The Kier molecular flexibility index (Phi) is 6.18. The highest BCUT2D eigenvalue weighted by Crippen LogP contribution is 2.17. The number of rotatable bonds is 6. The van der Waals surface area contributed by atoms with Crippen molar-refractivity contribution in [3.63, 3.8) is 0 Å². The Morgan fingerprint density at radius 3 is 2.95 bits per heavy atom. The lowest BCUT2D eigenvalue weighted by Crippen LogP contribution is -2.49. The molecule has 1 amide bonds. The van der Waals surface area contributed by atoms with Gasteiger partial charge in [-0.25, -0.2) is 0 Å². The lowest BCUT2D eigenvalue weighted by Gasteiger charge is -2.35. The molecule has 0 saturated carbocycles. The maximum atomic E-state index is 12.3. The van der Waals surface area contributed by atoms with Crippen molar-refractivity contribution in [2.45, 2.75) is 25.6 Å². The highest BCUT2D eigenvalue weighted by Gasteiger charge is 2.33. The molecule has 1 fully saturated rings. The summed E-state index contributed by atoms with van der Waals surface area (Å²) < 4.78 is 10.4. The minimum Gasteiger partial charge on any atom is -0.465 e. The normalized spacial score (nSPS) is 25.5.